The van der Waals surface area contributed by atoms with Crippen molar-refractivity contribution in [1.29, 1.82) is 0 Å². The van der Waals surface area contributed by atoms with Gasteiger partial charge in [-0.05, 0) is 48.9 Å². The summed E-state index contributed by atoms with van der Waals surface area (Å²) < 4.78 is 51.1. The Balaban J connectivity index is 1.81. The highest BCUT2D eigenvalue weighted by Gasteiger charge is 2.31. The minimum atomic E-state index is -4.59. The van der Waals surface area contributed by atoms with Gasteiger partial charge in [0.25, 0.3) is 5.56 Å². The van der Waals surface area contributed by atoms with E-state index in [-0.39, 0.29) is 32.6 Å². The zero-order valence-electron chi connectivity index (χ0n) is 19.8. The van der Waals surface area contributed by atoms with Crippen LogP contribution >= 0.6 is 23.2 Å². The first kappa shape index (κ1) is 27.2. The summed E-state index contributed by atoms with van der Waals surface area (Å²) in [5.41, 5.74) is -0.820. The molecule has 38 heavy (non-hydrogen) atoms. The van der Waals surface area contributed by atoms with Crippen molar-refractivity contribution < 1.29 is 27.4 Å². The Hall–Kier alpha value is -3.89. The van der Waals surface area contributed by atoms with E-state index in [2.05, 4.69) is 14.8 Å². The minimum absolute atomic E-state index is 0.0384. The van der Waals surface area contributed by atoms with Crippen molar-refractivity contribution in [2.75, 3.05) is 7.11 Å². The fourth-order valence-electron chi connectivity index (χ4n) is 3.53. The Morgan fingerprint density at radius 1 is 1.08 bits per heavy atom. The molecule has 0 unspecified atom stereocenters. The standard InChI is InChI=1S/C26H18Cl2F3N3O4/c1-14(25(36)37-2)38-22-19(27)10-15(11-20(22)28)13-32-34-23(16-6-5-7-17(12-16)26(29,30)31)33-21-9-4-3-8-18(21)24(34)35/h3-14H,1-2H3/t14-/m0/s1. The third-order valence-corrected chi connectivity index (χ3v) is 5.93. The molecule has 0 saturated heterocycles. The molecule has 4 rings (SSSR count). The third kappa shape index (κ3) is 5.66. The van der Waals surface area contributed by atoms with Gasteiger partial charge < -0.3 is 9.47 Å². The fraction of sp³-hybridized carbons (Fsp3) is 0.154. The highest BCUT2D eigenvalue weighted by Crippen LogP contribution is 2.35. The van der Waals surface area contributed by atoms with Crippen molar-refractivity contribution in [3.8, 4) is 17.1 Å². The number of halogens is 5. The number of ether oxygens (including phenoxy) is 2. The van der Waals surface area contributed by atoms with Gasteiger partial charge in [-0.3, -0.25) is 4.79 Å². The number of hydrogen-bond donors (Lipinski definition) is 0. The molecule has 0 fully saturated rings. The number of alkyl halides is 3. The average molecular weight is 564 g/mol. The smallest absolute Gasteiger partial charge is 0.416 e. The predicted octanol–water partition coefficient (Wildman–Crippen LogP) is 6.21. The summed E-state index contributed by atoms with van der Waals surface area (Å²) in [5, 5.41) is 4.54. The summed E-state index contributed by atoms with van der Waals surface area (Å²) in [7, 11) is 1.21. The first-order chi connectivity index (χ1) is 18.0. The van der Waals surface area contributed by atoms with Gasteiger partial charge in [0.05, 0.1) is 39.8 Å². The topological polar surface area (TPSA) is 82.8 Å². The maximum absolute atomic E-state index is 13.4. The molecule has 12 heteroatoms. The number of nitrogens with zero attached hydrogens (tertiary/aromatic N) is 3. The zero-order chi connectivity index (χ0) is 27.6. The molecule has 4 aromatic rings. The number of fused-ring (bicyclic) bond motifs is 1. The van der Waals surface area contributed by atoms with Crippen molar-refractivity contribution >= 4 is 46.3 Å². The first-order valence-corrected chi connectivity index (χ1v) is 11.7. The van der Waals surface area contributed by atoms with Crippen LogP contribution in [0.3, 0.4) is 0 Å². The summed E-state index contributed by atoms with van der Waals surface area (Å²) in [4.78, 5) is 29.4. The van der Waals surface area contributed by atoms with Crippen LogP contribution in [0.25, 0.3) is 22.3 Å². The van der Waals surface area contributed by atoms with Crippen LogP contribution < -0.4 is 10.3 Å². The molecule has 0 bridgehead atoms. The molecule has 0 radical (unpaired) electrons. The van der Waals surface area contributed by atoms with Gasteiger partial charge in [0.15, 0.2) is 17.7 Å². The molecule has 196 valence electrons. The number of hydrogen-bond acceptors (Lipinski definition) is 6. The lowest BCUT2D eigenvalue weighted by Gasteiger charge is -2.15. The second-order valence-corrected chi connectivity index (χ2v) is 8.80. The number of carbonyl (C=O) groups is 1. The van der Waals surface area contributed by atoms with Gasteiger partial charge in [-0.25, -0.2) is 9.78 Å². The van der Waals surface area contributed by atoms with Crippen LogP contribution in [0.5, 0.6) is 5.75 Å². The number of carbonyl (C=O) groups excluding carboxylic acids is 1. The summed E-state index contributed by atoms with van der Waals surface area (Å²) in [6, 6.07) is 13.7. The predicted molar refractivity (Wildman–Crippen MR) is 138 cm³/mol. The summed E-state index contributed by atoms with van der Waals surface area (Å²) in [5.74, 6) is -0.689. The third-order valence-electron chi connectivity index (χ3n) is 5.37. The van der Waals surface area contributed by atoms with Gasteiger partial charge in [0.1, 0.15) is 0 Å². The number of rotatable bonds is 6. The second kappa shape index (κ2) is 10.8. The Kier molecular flexibility index (Phi) is 7.75. The van der Waals surface area contributed by atoms with Crippen molar-refractivity contribution in [3.63, 3.8) is 0 Å². The Bertz CT molecular complexity index is 1600. The number of esters is 1. The SMILES string of the molecule is COC(=O)[C@H](C)Oc1c(Cl)cc(C=Nn2c(-c3cccc(C(F)(F)F)c3)nc3ccccc3c2=O)cc1Cl. The molecule has 0 spiro atoms. The van der Waals surface area contributed by atoms with E-state index in [4.69, 9.17) is 27.9 Å². The molecule has 0 aliphatic heterocycles. The van der Waals surface area contributed by atoms with Crippen LogP contribution in [0.15, 0.2) is 70.6 Å². The Morgan fingerprint density at radius 3 is 2.42 bits per heavy atom. The van der Waals surface area contributed by atoms with E-state index < -0.39 is 29.4 Å². The molecule has 1 heterocycles. The van der Waals surface area contributed by atoms with E-state index >= 15 is 0 Å². The van der Waals surface area contributed by atoms with Crippen LogP contribution in [0.4, 0.5) is 13.2 Å². The minimum Gasteiger partial charge on any atom is -0.476 e. The lowest BCUT2D eigenvalue weighted by molar-refractivity contribution is -0.147. The van der Waals surface area contributed by atoms with Crippen LogP contribution in [0.1, 0.15) is 18.1 Å². The summed E-state index contributed by atoms with van der Waals surface area (Å²) >= 11 is 12.6. The number of benzene rings is 3. The highest BCUT2D eigenvalue weighted by atomic mass is 35.5. The molecule has 1 aromatic heterocycles. The molecule has 0 aliphatic carbocycles. The Labute approximate surface area is 224 Å². The average Bonchev–Trinajstić information content (AvgIpc) is 2.89. The van der Waals surface area contributed by atoms with Crippen LogP contribution in [-0.4, -0.2) is 35.1 Å². The highest BCUT2D eigenvalue weighted by molar-refractivity contribution is 6.37. The van der Waals surface area contributed by atoms with Crippen LogP contribution in [0, 0.1) is 0 Å². The molecule has 7 nitrogen and oxygen atoms in total. The van der Waals surface area contributed by atoms with Crippen molar-refractivity contribution in [2.24, 2.45) is 5.10 Å². The summed E-state index contributed by atoms with van der Waals surface area (Å²) in [6.07, 6.45) is -4.32. The van der Waals surface area contributed by atoms with Gasteiger partial charge in [-0.2, -0.15) is 22.9 Å². The monoisotopic (exact) mass is 563 g/mol. The zero-order valence-corrected chi connectivity index (χ0v) is 21.3. The number of para-hydroxylation sites is 1. The fourth-order valence-corrected chi connectivity index (χ4v) is 4.13. The molecule has 0 aliphatic rings. The molecule has 0 amide bonds. The lowest BCUT2D eigenvalue weighted by atomic mass is 10.1. The lowest BCUT2D eigenvalue weighted by Crippen LogP contribution is -2.25. The van der Waals surface area contributed by atoms with E-state index in [1.165, 1.54) is 50.6 Å². The summed E-state index contributed by atoms with van der Waals surface area (Å²) in [6.45, 7) is 1.46. The molecule has 1 atom stereocenters. The number of methoxy groups -OCH3 is 1. The van der Waals surface area contributed by atoms with E-state index in [1.807, 2.05) is 0 Å². The maximum atomic E-state index is 13.4. The molecule has 0 N–H and O–H groups in total. The van der Waals surface area contributed by atoms with Crippen LogP contribution in [0.2, 0.25) is 10.0 Å². The van der Waals surface area contributed by atoms with E-state index in [0.717, 1.165) is 16.8 Å². The number of aromatic nitrogens is 2. The van der Waals surface area contributed by atoms with Gasteiger partial charge in [-0.15, -0.1) is 0 Å². The molecular weight excluding hydrogens is 546 g/mol. The quantitative estimate of drug-likeness (QED) is 0.206. The second-order valence-electron chi connectivity index (χ2n) is 7.99. The largest absolute Gasteiger partial charge is 0.476 e. The van der Waals surface area contributed by atoms with Gasteiger partial charge >= 0.3 is 12.1 Å². The van der Waals surface area contributed by atoms with E-state index in [1.54, 1.807) is 18.2 Å². The normalized spacial score (nSPS) is 12.6. The molecule has 0 saturated carbocycles. The first-order valence-electron chi connectivity index (χ1n) is 11.0. The van der Waals surface area contributed by atoms with E-state index in [9.17, 15) is 22.8 Å². The Morgan fingerprint density at radius 2 is 1.76 bits per heavy atom. The molecular formula is C26H18Cl2F3N3O4. The molecule has 3 aromatic carbocycles. The van der Waals surface area contributed by atoms with Crippen molar-refractivity contribution in [3.05, 3.63) is 92.2 Å². The van der Waals surface area contributed by atoms with E-state index in [0.29, 0.717) is 11.1 Å². The van der Waals surface area contributed by atoms with Gasteiger partial charge in [0.2, 0.25) is 0 Å². The van der Waals surface area contributed by atoms with Crippen molar-refractivity contribution in [1.82, 2.24) is 9.66 Å². The van der Waals surface area contributed by atoms with Gasteiger partial charge in [-0.1, -0.05) is 47.5 Å². The van der Waals surface area contributed by atoms with Crippen LogP contribution in [-0.2, 0) is 15.7 Å². The van der Waals surface area contributed by atoms with Crippen molar-refractivity contribution in [2.45, 2.75) is 19.2 Å². The van der Waals surface area contributed by atoms with Gasteiger partial charge in [0, 0.05) is 5.56 Å². The maximum Gasteiger partial charge on any atom is 0.416 e.